The maximum absolute atomic E-state index is 14.7. The van der Waals surface area contributed by atoms with Crippen molar-refractivity contribution in [1.82, 2.24) is 36.4 Å². The number of phenolic OH excluding ortho intramolecular Hbond substituents is 1. The van der Waals surface area contributed by atoms with Gasteiger partial charge < -0.3 is 81.0 Å². The molecule has 1 fully saturated rings. The second-order valence-corrected chi connectivity index (χ2v) is 21.1. The zero-order valence-electron chi connectivity index (χ0n) is 48.5. The van der Waals surface area contributed by atoms with E-state index in [1.807, 2.05) is 13.8 Å². The number of halogens is 3. The number of primary amides is 3. The van der Waals surface area contributed by atoms with Crippen molar-refractivity contribution in [2.75, 3.05) is 20.1 Å². The van der Waals surface area contributed by atoms with Gasteiger partial charge in [0.05, 0.1) is 6.04 Å². The fraction of sp³-hybridized carbons (Fsp3) is 0.474. The maximum atomic E-state index is 14.7. The molecule has 0 spiro atoms. The summed E-state index contributed by atoms with van der Waals surface area (Å²) >= 11 is 0. The smallest absolute Gasteiger partial charge is 0.490 e. The number of aliphatic imine (C=N–C) groups is 1. The van der Waals surface area contributed by atoms with E-state index in [0.717, 1.165) is 0 Å². The fourth-order valence-corrected chi connectivity index (χ4v) is 9.12. The van der Waals surface area contributed by atoms with Crippen molar-refractivity contribution in [3.8, 4) is 5.75 Å². The Bertz CT molecular complexity index is 2860. The Morgan fingerprint density at radius 3 is 1.63 bits per heavy atom. The number of nitrogens with two attached hydrogens (primary N) is 6. The molecule has 1 saturated heterocycles. The molecule has 0 saturated carbocycles. The zero-order chi connectivity index (χ0) is 65.1. The SMILES string of the molecule is CC(C)C[C@H](NC(=O)[C@H](N)Cc1ccc(O)cc1)C(=O)N(C)[C@@H](Cc1ccccc1)C(=O)N[C@@H](CCC(N)=O)C(=O)N1CCC[C@H]1C(=O)N[C@@H](CCC(N)=O)C(=O)N[C@@H](CCCN=C(N)N)C(=O)N[C@@H](Cc1ccccc1)C(N)=O.O=C(O)C(F)(F)F. The predicted octanol–water partition coefficient (Wildman–Crippen LogP) is -1.26. The number of aromatic hydroxyl groups is 1. The summed E-state index contributed by atoms with van der Waals surface area (Å²) in [5.74, 6) is -10.9. The van der Waals surface area contributed by atoms with Gasteiger partial charge in [-0.1, -0.05) is 86.6 Å². The largest absolute Gasteiger partial charge is 0.508 e. The Morgan fingerprint density at radius 1 is 0.644 bits per heavy atom. The van der Waals surface area contributed by atoms with Crippen LogP contribution in [0.4, 0.5) is 13.2 Å². The Kier molecular flexibility index (Phi) is 29.1. The van der Waals surface area contributed by atoms with Gasteiger partial charge in [-0.25, -0.2) is 4.79 Å². The van der Waals surface area contributed by atoms with Crippen molar-refractivity contribution in [3.63, 3.8) is 0 Å². The molecule has 0 aromatic heterocycles. The molecule has 0 bridgehead atoms. The van der Waals surface area contributed by atoms with Crippen LogP contribution in [0.2, 0.25) is 0 Å². The molecule has 476 valence electrons. The highest BCUT2D eigenvalue weighted by atomic mass is 19.4. The van der Waals surface area contributed by atoms with Crippen LogP contribution >= 0.6 is 0 Å². The van der Waals surface area contributed by atoms with Crippen LogP contribution in [0.15, 0.2) is 89.9 Å². The fourth-order valence-electron chi connectivity index (χ4n) is 9.12. The molecule has 3 aromatic rings. The number of hydrogen-bond donors (Lipinski definition) is 13. The number of hydrogen-bond acceptors (Lipinski definition) is 14. The quantitative estimate of drug-likeness (QED) is 0.0197. The number of guanidine groups is 1. The summed E-state index contributed by atoms with van der Waals surface area (Å²) in [6.07, 6.45) is -5.81. The first-order valence-corrected chi connectivity index (χ1v) is 27.8. The van der Waals surface area contributed by atoms with E-state index in [0.29, 0.717) is 16.7 Å². The highest BCUT2D eigenvalue weighted by Crippen LogP contribution is 2.22. The van der Waals surface area contributed by atoms with Crippen LogP contribution in [0, 0.1) is 5.92 Å². The molecule has 1 aliphatic rings. The molecule has 27 nitrogen and oxygen atoms in total. The van der Waals surface area contributed by atoms with Crippen LogP contribution < -0.4 is 61.0 Å². The number of alkyl halides is 3. The monoisotopic (exact) mass is 1220 g/mol. The van der Waals surface area contributed by atoms with Gasteiger partial charge in [-0.3, -0.25) is 52.9 Å². The molecule has 0 radical (unpaired) electrons. The summed E-state index contributed by atoms with van der Waals surface area (Å²) in [4.78, 5) is 152. The van der Waals surface area contributed by atoms with Gasteiger partial charge in [-0.2, -0.15) is 13.2 Å². The highest BCUT2D eigenvalue weighted by Gasteiger charge is 2.42. The number of nitrogens with one attached hydrogen (secondary N) is 5. The number of amides is 10. The predicted molar refractivity (Wildman–Crippen MR) is 310 cm³/mol. The Morgan fingerprint density at radius 2 is 1.13 bits per heavy atom. The Hall–Kier alpha value is -9.35. The van der Waals surface area contributed by atoms with Gasteiger partial charge in [-0.15, -0.1) is 0 Å². The van der Waals surface area contributed by atoms with Crippen LogP contribution in [0.5, 0.6) is 5.75 Å². The molecular weight excluding hydrogens is 1150 g/mol. The molecule has 1 aliphatic heterocycles. The number of carbonyl (C=O) groups excluding carboxylic acids is 10. The first kappa shape index (κ1) is 71.9. The maximum Gasteiger partial charge on any atom is 0.490 e. The number of rotatable bonds is 32. The summed E-state index contributed by atoms with van der Waals surface area (Å²) in [6.45, 7) is 3.75. The third kappa shape index (κ3) is 25.4. The minimum atomic E-state index is -5.08. The lowest BCUT2D eigenvalue weighted by Crippen LogP contribution is -2.60. The van der Waals surface area contributed by atoms with E-state index in [2.05, 4.69) is 31.6 Å². The van der Waals surface area contributed by atoms with Gasteiger partial charge in [-0.05, 0) is 86.1 Å². The lowest BCUT2D eigenvalue weighted by molar-refractivity contribution is -0.192. The molecule has 19 N–H and O–H groups in total. The van der Waals surface area contributed by atoms with Gasteiger partial charge in [0, 0.05) is 45.8 Å². The van der Waals surface area contributed by atoms with Gasteiger partial charge in [0.1, 0.15) is 48.0 Å². The standard InChI is InChI=1S/C55H78N14O11.C2HF3O2/c1-32(2)28-42(67-48(74)37(56)29-35-18-20-36(70)21-19-35)53(79)68(3)44(31-34-14-8-5-9-15-34)52(78)65-40(23-25-46(58)72)54(80)69-27-11-17-43(69)51(77)64-39(22-24-45(57)71)50(76)63-38(16-10-26-62-55(60)61)49(75)66-41(47(59)73)30-33-12-6-4-7-13-33;3-2(4,5)1(6)7/h4-9,12-15,18-21,32,37-44,70H,10-11,16-17,22-31,56H2,1-3H3,(H2,57,71)(H2,58,72)(H2,59,73)(H,63,76)(H,64,77)(H,65,78)(H,66,75)(H,67,74)(H4,60,61,62);(H,6,7)/t37-,38+,39+,40+,41+,42+,43+,44+;/m1./s1. The lowest BCUT2D eigenvalue weighted by Gasteiger charge is -2.34. The zero-order valence-corrected chi connectivity index (χ0v) is 48.5. The van der Waals surface area contributed by atoms with E-state index in [-0.39, 0.29) is 101 Å². The van der Waals surface area contributed by atoms with Gasteiger partial charge in [0.2, 0.25) is 59.1 Å². The number of nitrogens with zero attached hydrogens (tertiary/aromatic N) is 3. The second kappa shape index (κ2) is 35.2. The molecule has 3 aromatic carbocycles. The van der Waals surface area contributed by atoms with Crippen molar-refractivity contribution in [2.45, 2.75) is 145 Å². The number of carboxylic acid groups (broad SMARTS) is 1. The van der Waals surface area contributed by atoms with Crippen LogP contribution in [-0.4, -0.2) is 166 Å². The third-order valence-corrected chi connectivity index (χ3v) is 13.6. The van der Waals surface area contributed by atoms with E-state index < -0.39 is 126 Å². The van der Waals surface area contributed by atoms with Crippen LogP contribution in [-0.2, 0) is 72.0 Å². The first-order chi connectivity index (χ1) is 40.9. The highest BCUT2D eigenvalue weighted by molar-refractivity contribution is 5.98. The summed E-state index contributed by atoms with van der Waals surface area (Å²) in [5, 5.41) is 30.1. The molecule has 87 heavy (non-hydrogen) atoms. The summed E-state index contributed by atoms with van der Waals surface area (Å²) in [7, 11) is 1.39. The summed E-state index contributed by atoms with van der Waals surface area (Å²) in [6, 6.07) is 13.3. The number of benzene rings is 3. The van der Waals surface area contributed by atoms with E-state index in [9.17, 15) is 66.2 Å². The molecule has 4 rings (SSSR count). The molecule has 0 aliphatic carbocycles. The molecular formula is C57H79F3N14O13. The van der Waals surface area contributed by atoms with E-state index in [1.54, 1.807) is 72.8 Å². The Balaban J connectivity index is 0.00000265. The summed E-state index contributed by atoms with van der Waals surface area (Å²) in [5.41, 5.74) is 36.0. The van der Waals surface area contributed by atoms with Crippen LogP contribution in [0.3, 0.4) is 0 Å². The minimum Gasteiger partial charge on any atom is -0.508 e. The van der Waals surface area contributed by atoms with Gasteiger partial charge >= 0.3 is 12.1 Å². The van der Waals surface area contributed by atoms with Crippen molar-refractivity contribution in [1.29, 1.82) is 0 Å². The van der Waals surface area contributed by atoms with E-state index in [4.69, 9.17) is 44.3 Å². The van der Waals surface area contributed by atoms with E-state index in [1.165, 1.54) is 29.0 Å². The summed E-state index contributed by atoms with van der Waals surface area (Å²) < 4.78 is 31.7. The first-order valence-electron chi connectivity index (χ1n) is 27.8. The number of carboxylic acids is 1. The number of phenols is 1. The molecule has 1 heterocycles. The number of likely N-dealkylation sites (tertiary alicyclic amines) is 1. The lowest BCUT2D eigenvalue weighted by atomic mass is 9.98. The second-order valence-electron chi connectivity index (χ2n) is 21.1. The Labute approximate surface area is 500 Å². The number of likely N-dealkylation sites (N-methyl/N-ethyl adjacent to an activating group) is 1. The topological polar surface area (TPSA) is 463 Å². The number of carbonyl (C=O) groups is 11. The molecule has 30 heteroatoms. The third-order valence-electron chi connectivity index (χ3n) is 13.6. The average molecular weight is 1230 g/mol. The van der Waals surface area contributed by atoms with Gasteiger partial charge in [0.15, 0.2) is 5.96 Å². The van der Waals surface area contributed by atoms with Gasteiger partial charge in [0.25, 0.3) is 0 Å². The van der Waals surface area contributed by atoms with Crippen molar-refractivity contribution in [3.05, 3.63) is 102 Å². The average Bonchev–Trinajstić information content (AvgIpc) is 3.45. The molecule has 10 amide bonds. The van der Waals surface area contributed by atoms with Crippen molar-refractivity contribution in [2.24, 2.45) is 45.3 Å². The number of aliphatic carboxylic acids is 1. The van der Waals surface area contributed by atoms with Crippen molar-refractivity contribution < 1.29 is 76.1 Å². The normalized spacial score (nSPS) is 15.2. The molecule has 0 unspecified atom stereocenters. The van der Waals surface area contributed by atoms with Crippen LogP contribution in [0.1, 0.15) is 88.3 Å². The van der Waals surface area contributed by atoms with Crippen molar-refractivity contribution >= 4 is 71.0 Å². The minimum absolute atomic E-state index is 0.00262. The van der Waals surface area contributed by atoms with E-state index >= 15 is 0 Å². The van der Waals surface area contributed by atoms with Crippen LogP contribution in [0.25, 0.3) is 0 Å². The molecule has 8 atom stereocenters.